The van der Waals surface area contributed by atoms with E-state index < -0.39 is 0 Å². The van der Waals surface area contributed by atoms with Gasteiger partial charge in [0.05, 0.1) is 16.5 Å². The molecular weight excluding hydrogens is 291 g/mol. The summed E-state index contributed by atoms with van der Waals surface area (Å²) in [6.45, 7) is 0.331. The molecule has 0 saturated heterocycles. The summed E-state index contributed by atoms with van der Waals surface area (Å²) < 4.78 is 6.22. The Bertz CT molecular complexity index is 696. The van der Waals surface area contributed by atoms with Crippen LogP contribution in [-0.4, -0.2) is 27.2 Å². The summed E-state index contributed by atoms with van der Waals surface area (Å²) in [6.07, 6.45) is 0.326. The van der Waals surface area contributed by atoms with Crippen LogP contribution in [0.25, 0.3) is 11.4 Å². The Balaban J connectivity index is 2.04. The van der Waals surface area contributed by atoms with Crippen molar-refractivity contribution >= 4 is 35.6 Å². The van der Waals surface area contributed by atoms with Crippen LogP contribution >= 0.6 is 23.2 Å². The van der Waals surface area contributed by atoms with Crippen molar-refractivity contribution in [2.24, 2.45) is 5.10 Å². The van der Waals surface area contributed by atoms with Crippen molar-refractivity contribution in [2.45, 2.75) is 6.42 Å². The number of nitrogens with zero attached hydrogens (tertiary/aromatic N) is 4. The van der Waals surface area contributed by atoms with Gasteiger partial charge in [-0.25, -0.2) is 0 Å². The van der Waals surface area contributed by atoms with Crippen LogP contribution in [0.3, 0.4) is 0 Å². The van der Waals surface area contributed by atoms with E-state index >= 15 is 0 Å². The van der Waals surface area contributed by atoms with E-state index in [1.165, 1.54) is 4.68 Å². The smallest absolute Gasteiger partial charge is 0.299 e. The van der Waals surface area contributed by atoms with Crippen molar-refractivity contribution < 1.29 is 9.53 Å². The number of carbonyl (C=O) groups excluding carboxylic acids is 1. The number of ether oxygens (including phenoxy) is 1. The van der Waals surface area contributed by atoms with Crippen LogP contribution in [0.2, 0.25) is 10.0 Å². The highest BCUT2D eigenvalue weighted by molar-refractivity contribution is 6.42. The summed E-state index contributed by atoms with van der Waals surface area (Å²) in [5.74, 6) is 1.39. The molecule has 6 nitrogen and oxygen atoms in total. The standard InChI is InChI=1S/C11H6Cl2N4O2/c12-7-2-1-6(3-8(7)13)11-15-14-9-4-10(19-5-18)16-17(9)11/h1-3,5H,4H2. The molecule has 0 fully saturated rings. The van der Waals surface area contributed by atoms with E-state index in [1.807, 2.05) is 0 Å². The molecule has 0 bridgehead atoms. The molecule has 0 aliphatic carbocycles. The molecular formula is C11H6Cl2N4O2. The highest BCUT2D eigenvalue weighted by Crippen LogP contribution is 2.28. The van der Waals surface area contributed by atoms with Gasteiger partial charge in [0.2, 0.25) is 5.90 Å². The van der Waals surface area contributed by atoms with Gasteiger partial charge in [0.15, 0.2) is 11.6 Å². The van der Waals surface area contributed by atoms with Gasteiger partial charge in [0.1, 0.15) is 0 Å². The summed E-state index contributed by atoms with van der Waals surface area (Å²) in [4.78, 5) is 10.3. The number of carbonyl (C=O) groups is 1. The normalized spacial score (nSPS) is 13.1. The first-order valence-electron chi connectivity index (χ1n) is 5.27. The van der Waals surface area contributed by atoms with Gasteiger partial charge in [0.25, 0.3) is 6.47 Å². The Morgan fingerprint density at radius 2 is 2.11 bits per heavy atom. The summed E-state index contributed by atoms with van der Waals surface area (Å²) in [5, 5.41) is 13.0. The van der Waals surface area contributed by atoms with Gasteiger partial charge in [-0.05, 0) is 18.2 Å². The number of halogens is 2. The number of hydrogen-bond donors (Lipinski definition) is 0. The molecule has 8 heteroatoms. The largest absolute Gasteiger partial charge is 0.412 e. The minimum atomic E-state index is 0.279. The molecule has 1 aliphatic rings. The first-order chi connectivity index (χ1) is 9.19. The summed E-state index contributed by atoms with van der Waals surface area (Å²) in [5.41, 5.74) is 0.726. The van der Waals surface area contributed by atoms with Gasteiger partial charge in [0, 0.05) is 5.56 Å². The zero-order valence-electron chi connectivity index (χ0n) is 9.38. The predicted octanol–water partition coefficient (Wildman–Crippen LogP) is 2.14. The van der Waals surface area contributed by atoms with Crippen LogP contribution in [0.5, 0.6) is 0 Å². The van der Waals surface area contributed by atoms with Gasteiger partial charge in [-0.15, -0.1) is 15.3 Å². The lowest BCUT2D eigenvalue weighted by molar-refractivity contribution is -0.121. The lowest BCUT2D eigenvalue weighted by Gasteiger charge is -2.01. The molecule has 0 atom stereocenters. The van der Waals surface area contributed by atoms with Gasteiger partial charge >= 0.3 is 0 Å². The second kappa shape index (κ2) is 4.64. The van der Waals surface area contributed by atoms with E-state index in [9.17, 15) is 4.79 Å². The van der Waals surface area contributed by atoms with Crippen molar-refractivity contribution in [3.8, 4) is 11.4 Å². The van der Waals surface area contributed by atoms with Gasteiger partial charge in [-0.2, -0.15) is 4.68 Å². The molecule has 0 radical (unpaired) electrons. The van der Waals surface area contributed by atoms with Crippen LogP contribution in [-0.2, 0) is 16.0 Å². The fourth-order valence-electron chi connectivity index (χ4n) is 1.75. The Morgan fingerprint density at radius 3 is 2.84 bits per heavy atom. The summed E-state index contributed by atoms with van der Waals surface area (Å²) >= 11 is 11.8. The van der Waals surface area contributed by atoms with Crippen molar-refractivity contribution in [2.75, 3.05) is 0 Å². The molecule has 3 rings (SSSR count). The lowest BCUT2D eigenvalue weighted by atomic mass is 10.2. The van der Waals surface area contributed by atoms with Crippen molar-refractivity contribution in [1.82, 2.24) is 14.9 Å². The molecule has 1 aromatic carbocycles. The molecule has 1 aromatic heterocycles. The fraction of sp³-hybridized carbons (Fsp3) is 0.0909. The number of aromatic nitrogens is 3. The monoisotopic (exact) mass is 296 g/mol. The molecule has 0 saturated carbocycles. The third-order valence-electron chi connectivity index (χ3n) is 2.59. The van der Waals surface area contributed by atoms with Crippen molar-refractivity contribution in [3.63, 3.8) is 0 Å². The van der Waals surface area contributed by atoms with E-state index in [4.69, 9.17) is 27.9 Å². The molecule has 1 aliphatic heterocycles. The van der Waals surface area contributed by atoms with Crippen LogP contribution in [0.15, 0.2) is 23.3 Å². The second-order valence-electron chi connectivity index (χ2n) is 3.77. The van der Waals surface area contributed by atoms with E-state index in [0.717, 1.165) is 5.56 Å². The second-order valence-corrected chi connectivity index (χ2v) is 4.58. The summed E-state index contributed by atoms with van der Waals surface area (Å²) in [7, 11) is 0. The van der Waals surface area contributed by atoms with Crippen LogP contribution in [0.4, 0.5) is 0 Å². The van der Waals surface area contributed by atoms with Gasteiger partial charge < -0.3 is 4.74 Å². The van der Waals surface area contributed by atoms with Crippen molar-refractivity contribution in [3.05, 3.63) is 34.1 Å². The van der Waals surface area contributed by atoms with Crippen LogP contribution in [0.1, 0.15) is 5.82 Å². The van der Waals surface area contributed by atoms with E-state index in [2.05, 4.69) is 15.3 Å². The highest BCUT2D eigenvalue weighted by Gasteiger charge is 2.23. The number of hydrogen-bond acceptors (Lipinski definition) is 5. The molecule has 19 heavy (non-hydrogen) atoms. The first-order valence-corrected chi connectivity index (χ1v) is 6.02. The van der Waals surface area contributed by atoms with Crippen LogP contribution < -0.4 is 0 Å². The lowest BCUT2D eigenvalue weighted by Crippen LogP contribution is -2.03. The van der Waals surface area contributed by atoms with Gasteiger partial charge in [-0.3, -0.25) is 4.79 Å². The van der Waals surface area contributed by atoms with Crippen LogP contribution in [0, 0.1) is 0 Å². The van der Waals surface area contributed by atoms with E-state index in [1.54, 1.807) is 18.2 Å². The quantitative estimate of drug-likeness (QED) is 0.796. The molecule has 96 valence electrons. The molecule has 0 N–H and O–H groups in total. The number of rotatable bonds is 2. The molecule has 0 spiro atoms. The Hall–Kier alpha value is -1.92. The Kier molecular flexibility index (Phi) is 2.96. The minimum absolute atomic E-state index is 0.279. The maximum atomic E-state index is 10.3. The average molecular weight is 297 g/mol. The highest BCUT2D eigenvalue weighted by atomic mass is 35.5. The van der Waals surface area contributed by atoms with E-state index in [-0.39, 0.29) is 5.90 Å². The molecule has 0 amide bonds. The fourth-order valence-corrected chi connectivity index (χ4v) is 2.04. The summed E-state index contributed by atoms with van der Waals surface area (Å²) in [6, 6.07) is 5.11. The zero-order chi connectivity index (χ0) is 13.4. The maximum Gasteiger partial charge on any atom is 0.299 e. The third-order valence-corrected chi connectivity index (χ3v) is 3.33. The number of fused-ring (bicyclic) bond motifs is 1. The Morgan fingerprint density at radius 1 is 1.26 bits per heavy atom. The number of benzene rings is 1. The molecule has 0 unspecified atom stereocenters. The molecule has 2 heterocycles. The topological polar surface area (TPSA) is 69.4 Å². The predicted molar refractivity (Wildman–Crippen MR) is 69.2 cm³/mol. The zero-order valence-corrected chi connectivity index (χ0v) is 10.9. The minimum Gasteiger partial charge on any atom is -0.412 e. The van der Waals surface area contributed by atoms with Gasteiger partial charge in [-0.1, -0.05) is 23.2 Å². The first kappa shape index (κ1) is 12.1. The molecule has 2 aromatic rings. The average Bonchev–Trinajstić information content (AvgIpc) is 2.93. The van der Waals surface area contributed by atoms with E-state index in [0.29, 0.717) is 34.6 Å². The Labute approximate surface area is 117 Å². The third kappa shape index (κ3) is 2.09. The maximum absolute atomic E-state index is 10.3. The van der Waals surface area contributed by atoms with Crippen molar-refractivity contribution in [1.29, 1.82) is 0 Å². The SMILES string of the molecule is O=COC1=Nn2c(nnc2-c2ccc(Cl)c(Cl)c2)C1.